The third kappa shape index (κ3) is 4.47. The SMILES string of the molecule is CCCc1cc(NC(=O)OCC)cc(CCC)c1N. The molecule has 0 radical (unpaired) electrons. The number of hydrogen-bond acceptors (Lipinski definition) is 3. The number of rotatable bonds is 6. The van der Waals surface area contributed by atoms with Crippen LogP contribution in [-0.2, 0) is 17.6 Å². The zero-order valence-corrected chi connectivity index (χ0v) is 12.1. The number of nitrogens with two attached hydrogens (primary N) is 1. The van der Waals surface area contributed by atoms with E-state index < -0.39 is 6.09 Å². The van der Waals surface area contributed by atoms with Crippen molar-refractivity contribution in [1.82, 2.24) is 0 Å². The second-order valence-corrected chi connectivity index (χ2v) is 4.55. The van der Waals surface area contributed by atoms with Crippen LogP contribution in [0.15, 0.2) is 12.1 Å². The molecular formula is C15H24N2O2. The van der Waals surface area contributed by atoms with Crippen molar-refractivity contribution in [2.24, 2.45) is 0 Å². The third-order valence-electron chi connectivity index (χ3n) is 2.91. The second kappa shape index (κ2) is 7.67. The summed E-state index contributed by atoms with van der Waals surface area (Å²) in [4.78, 5) is 11.5. The highest BCUT2D eigenvalue weighted by molar-refractivity contribution is 5.85. The van der Waals surface area contributed by atoms with Crippen molar-refractivity contribution in [3.05, 3.63) is 23.3 Å². The number of nitrogens with one attached hydrogen (secondary N) is 1. The average molecular weight is 264 g/mol. The summed E-state index contributed by atoms with van der Waals surface area (Å²) in [5.41, 5.74) is 9.99. The van der Waals surface area contributed by atoms with Crippen LogP contribution in [0.4, 0.5) is 16.2 Å². The topological polar surface area (TPSA) is 64.3 Å². The quantitative estimate of drug-likeness (QED) is 0.769. The van der Waals surface area contributed by atoms with Crippen molar-refractivity contribution in [3.63, 3.8) is 0 Å². The molecule has 1 rings (SSSR count). The van der Waals surface area contributed by atoms with Crippen molar-refractivity contribution in [1.29, 1.82) is 0 Å². The molecule has 19 heavy (non-hydrogen) atoms. The molecule has 4 heteroatoms. The molecular weight excluding hydrogens is 240 g/mol. The van der Waals surface area contributed by atoms with Crippen molar-refractivity contribution < 1.29 is 9.53 Å². The molecule has 0 spiro atoms. The Hall–Kier alpha value is -1.71. The summed E-state index contributed by atoms with van der Waals surface area (Å²) in [7, 11) is 0. The molecule has 4 nitrogen and oxygen atoms in total. The number of nitrogen functional groups attached to an aromatic ring is 1. The Kier molecular flexibility index (Phi) is 6.19. The molecule has 0 atom stereocenters. The first-order valence-corrected chi connectivity index (χ1v) is 6.97. The Balaban J connectivity index is 3.00. The summed E-state index contributed by atoms with van der Waals surface area (Å²) in [6.45, 7) is 6.38. The summed E-state index contributed by atoms with van der Waals surface area (Å²) in [6.07, 6.45) is 3.47. The number of benzene rings is 1. The van der Waals surface area contributed by atoms with Crippen LogP contribution in [0.5, 0.6) is 0 Å². The zero-order chi connectivity index (χ0) is 14.3. The summed E-state index contributed by atoms with van der Waals surface area (Å²) >= 11 is 0. The van der Waals surface area contributed by atoms with Gasteiger partial charge < -0.3 is 10.5 Å². The number of aryl methyl sites for hydroxylation is 2. The molecule has 1 aromatic rings. The Morgan fingerprint density at radius 2 is 1.68 bits per heavy atom. The maximum absolute atomic E-state index is 11.5. The van der Waals surface area contributed by atoms with E-state index in [-0.39, 0.29) is 0 Å². The highest BCUT2D eigenvalue weighted by Crippen LogP contribution is 2.26. The minimum Gasteiger partial charge on any atom is -0.450 e. The lowest BCUT2D eigenvalue weighted by molar-refractivity contribution is 0.168. The smallest absolute Gasteiger partial charge is 0.411 e. The van der Waals surface area contributed by atoms with Gasteiger partial charge in [-0.3, -0.25) is 5.32 Å². The van der Waals surface area contributed by atoms with Gasteiger partial charge in [0, 0.05) is 11.4 Å². The number of amides is 1. The molecule has 106 valence electrons. The highest BCUT2D eigenvalue weighted by Gasteiger charge is 2.09. The number of carbonyl (C=O) groups is 1. The van der Waals surface area contributed by atoms with E-state index in [1.165, 1.54) is 0 Å². The molecule has 1 aromatic carbocycles. The Labute approximate surface area is 115 Å². The zero-order valence-electron chi connectivity index (χ0n) is 12.1. The van der Waals surface area contributed by atoms with Crippen LogP contribution >= 0.6 is 0 Å². The van der Waals surface area contributed by atoms with Gasteiger partial charge in [-0.1, -0.05) is 26.7 Å². The fraction of sp³-hybridized carbons (Fsp3) is 0.533. The standard InChI is InChI=1S/C15H24N2O2/c1-4-7-11-9-13(17-15(18)19-6-3)10-12(8-5-2)14(11)16/h9-10H,4-8,16H2,1-3H3,(H,17,18). The van der Waals surface area contributed by atoms with Crippen LogP contribution in [0, 0.1) is 0 Å². The fourth-order valence-electron chi connectivity index (χ4n) is 2.09. The predicted octanol–water partition coefficient (Wildman–Crippen LogP) is 3.74. The number of anilines is 2. The summed E-state index contributed by atoms with van der Waals surface area (Å²) < 4.78 is 4.89. The molecule has 1 amide bonds. The summed E-state index contributed by atoms with van der Waals surface area (Å²) in [5, 5.41) is 2.75. The van der Waals surface area contributed by atoms with Crippen molar-refractivity contribution in [2.45, 2.75) is 46.5 Å². The monoisotopic (exact) mass is 264 g/mol. The predicted molar refractivity (Wildman–Crippen MR) is 79.5 cm³/mol. The fourth-order valence-corrected chi connectivity index (χ4v) is 2.09. The Morgan fingerprint density at radius 3 is 2.11 bits per heavy atom. The summed E-state index contributed by atoms with van der Waals surface area (Å²) in [6, 6.07) is 3.88. The first-order chi connectivity index (χ1) is 9.12. The minimum absolute atomic E-state index is 0.366. The molecule has 0 fully saturated rings. The molecule has 0 saturated heterocycles. The van der Waals surface area contributed by atoms with Crippen molar-refractivity contribution in [2.75, 3.05) is 17.7 Å². The van der Waals surface area contributed by atoms with Gasteiger partial charge in [0.2, 0.25) is 0 Å². The highest BCUT2D eigenvalue weighted by atomic mass is 16.5. The van der Waals surface area contributed by atoms with E-state index in [1.807, 2.05) is 12.1 Å². The number of carbonyl (C=O) groups excluding carboxylic acids is 1. The van der Waals surface area contributed by atoms with Crippen LogP contribution < -0.4 is 11.1 Å². The Bertz CT molecular complexity index is 403. The van der Waals surface area contributed by atoms with E-state index in [9.17, 15) is 4.79 Å². The lowest BCUT2D eigenvalue weighted by atomic mass is 9.99. The second-order valence-electron chi connectivity index (χ2n) is 4.55. The van der Waals surface area contributed by atoms with Gasteiger partial charge in [-0.05, 0) is 43.0 Å². The molecule has 0 saturated carbocycles. The first kappa shape index (κ1) is 15.3. The largest absolute Gasteiger partial charge is 0.450 e. The van der Waals surface area contributed by atoms with Crippen LogP contribution in [0.3, 0.4) is 0 Å². The van der Waals surface area contributed by atoms with E-state index in [4.69, 9.17) is 10.5 Å². The van der Waals surface area contributed by atoms with Crippen molar-refractivity contribution >= 4 is 17.5 Å². The van der Waals surface area contributed by atoms with E-state index in [0.717, 1.165) is 48.2 Å². The number of hydrogen-bond donors (Lipinski definition) is 2. The molecule has 0 aromatic heterocycles. The lowest BCUT2D eigenvalue weighted by Gasteiger charge is -2.14. The van der Waals surface area contributed by atoms with Crippen molar-refractivity contribution in [3.8, 4) is 0 Å². The molecule has 0 aliphatic rings. The normalized spacial score (nSPS) is 10.3. The third-order valence-corrected chi connectivity index (χ3v) is 2.91. The minimum atomic E-state index is -0.419. The number of ether oxygens (including phenoxy) is 1. The van der Waals surface area contributed by atoms with Gasteiger partial charge in [0.1, 0.15) is 0 Å². The van der Waals surface area contributed by atoms with E-state index in [1.54, 1.807) is 6.92 Å². The van der Waals surface area contributed by atoms with Gasteiger partial charge in [0.05, 0.1) is 6.61 Å². The summed E-state index contributed by atoms with van der Waals surface area (Å²) in [5.74, 6) is 0. The van der Waals surface area contributed by atoms with E-state index in [0.29, 0.717) is 6.61 Å². The van der Waals surface area contributed by atoms with Gasteiger partial charge in [-0.15, -0.1) is 0 Å². The molecule has 0 aliphatic carbocycles. The first-order valence-electron chi connectivity index (χ1n) is 6.97. The van der Waals surface area contributed by atoms with Crippen LogP contribution in [0.1, 0.15) is 44.7 Å². The van der Waals surface area contributed by atoms with Crippen LogP contribution in [0.2, 0.25) is 0 Å². The average Bonchev–Trinajstić information content (AvgIpc) is 2.35. The van der Waals surface area contributed by atoms with Gasteiger partial charge in [0.15, 0.2) is 0 Å². The van der Waals surface area contributed by atoms with Gasteiger partial charge in [0.25, 0.3) is 0 Å². The molecule has 0 aliphatic heterocycles. The maximum atomic E-state index is 11.5. The maximum Gasteiger partial charge on any atom is 0.411 e. The van der Waals surface area contributed by atoms with Gasteiger partial charge in [-0.25, -0.2) is 4.79 Å². The van der Waals surface area contributed by atoms with E-state index in [2.05, 4.69) is 19.2 Å². The molecule has 0 unspecified atom stereocenters. The van der Waals surface area contributed by atoms with E-state index >= 15 is 0 Å². The van der Waals surface area contributed by atoms with Gasteiger partial charge in [-0.2, -0.15) is 0 Å². The van der Waals surface area contributed by atoms with Crippen LogP contribution in [0.25, 0.3) is 0 Å². The lowest BCUT2D eigenvalue weighted by Crippen LogP contribution is -2.14. The van der Waals surface area contributed by atoms with Gasteiger partial charge >= 0.3 is 6.09 Å². The molecule has 0 bridgehead atoms. The molecule has 0 heterocycles. The van der Waals surface area contributed by atoms with Crippen LogP contribution in [-0.4, -0.2) is 12.7 Å². The molecule has 3 N–H and O–H groups in total. The Morgan fingerprint density at radius 1 is 1.16 bits per heavy atom.